The van der Waals surface area contributed by atoms with Gasteiger partial charge in [0.25, 0.3) is 0 Å². The minimum atomic E-state index is 0.769. The molecule has 0 aliphatic carbocycles. The van der Waals surface area contributed by atoms with Gasteiger partial charge >= 0.3 is 0 Å². The van der Waals surface area contributed by atoms with Crippen molar-refractivity contribution in [3.05, 3.63) is 12.7 Å². The second kappa shape index (κ2) is 5.33. The number of nitrogens with zero attached hydrogens (tertiary/aromatic N) is 1. The van der Waals surface area contributed by atoms with Crippen molar-refractivity contribution < 1.29 is 0 Å². The van der Waals surface area contributed by atoms with E-state index in [-0.39, 0.29) is 0 Å². The molecule has 1 rings (SSSR count). The van der Waals surface area contributed by atoms with Crippen molar-refractivity contribution in [3.63, 3.8) is 0 Å². The average molecular weight is 168 g/mol. The van der Waals surface area contributed by atoms with E-state index in [1.165, 1.54) is 19.5 Å². The molecule has 1 unspecified atom stereocenters. The molecule has 2 heteroatoms. The number of hydrogen-bond acceptors (Lipinski definition) is 2. The first kappa shape index (κ1) is 9.75. The molecule has 1 fully saturated rings. The molecule has 12 heavy (non-hydrogen) atoms. The van der Waals surface area contributed by atoms with E-state index in [1.54, 1.807) is 0 Å². The molecule has 1 aliphatic rings. The molecular weight excluding hydrogens is 148 g/mol. The highest BCUT2D eigenvalue weighted by Crippen LogP contribution is 2.02. The Kier molecular flexibility index (Phi) is 4.33. The fourth-order valence-corrected chi connectivity index (χ4v) is 1.72. The Labute approximate surface area is 75.6 Å². The van der Waals surface area contributed by atoms with E-state index in [1.807, 2.05) is 6.08 Å². The number of rotatable bonds is 2. The molecule has 1 saturated heterocycles. The summed E-state index contributed by atoms with van der Waals surface area (Å²) in [5.41, 5.74) is 0. The predicted octanol–water partition coefficient (Wildman–Crippen LogP) is 1.10. The minimum Gasteiger partial charge on any atom is -0.316 e. The predicted molar refractivity (Wildman–Crippen MR) is 53.3 cm³/mol. The topological polar surface area (TPSA) is 15.3 Å². The molecule has 0 aromatic heterocycles. The minimum absolute atomic E-state index is 0.769. The third kappa shape index (κ3) is 3.37. The van der Waals surface area contributed by atoms with Gasteiger partial charge in [0.15, 0.2) is 0 Å². The molecule has 0 radical (unpaired) electrons. The van der Waals surface area contributed by atoms with E-state index in [0.717, 1.165) is 25.6 Å². The van der Waals surface area contributed by atoms with Gasteiger partial charge in [-0.1, -0.05) is 13.0 Å². The lowest BCUT2D eigenvalue weighted by Gasteiger charge is -2.27. The zero-order chi connectivity index (χ0) is 8.81. The van der Waals surface area contributed by atoms with Gasteiger partial charge in [0.1, 0.15) is 0 Å². The molecule has 0 spiro atoms. The highest BCUT2D eigenvalue weighted by Gasteiger charge is 2.10. The van der Waals surface area contributed by atoms with Crippen molar-refractivity contribution in [1.29, 1.82) is 0 Å². The van der Waals surface area contributed by atoms with Crippen LogP contribution in [0.1, 0.15) is 13.3 Å². The van der Waals surface area contributed by atoms with Crippen LogP contribution in [0.3, 0.4) is 0 Å². The van der Waals surface area contributed by atoms with E-state index >= 15 is 0 Å². The van der Waals surface area contributed by atoms with Crippen molar-refractivity contribution >= 4 is 0 Å². The Morgan fingerprint density at radius 2 is 2.50 bits per heavy atom. The Morgan fingerprint density at radius 1 is 1.67 bits per heavy atom. The van der Waals surface area contributed by atoms with Crippen LogP contribution in [0.25, 0.3) is 0 Å². The monoisotopic (exact) mass is 168 g/mol. The molecule has 1 aliphatic heterocycles. The lowest BCUT2D eigenvalue weighted by atomic mass is 10.1. The van der Waals surface area contributed by atoms with Gasteiger partial charge in [0.2, 0.25) is 0 Å². The summed E-state index contributed by atoms with van der Waals surface area (Å²) in [6.07, 6.45) is 3.27. The largest absolute Gasteiger partial charge is 0.316 e. The Morgan fingerprint density at radius 3 is 3.25 bits per heavy atom. The van der Waals surface area contributed by atoms with E-state index in [2.05, 4.69) is 23.7 Å². The molecule has 1 N–H and O–H groups in total. The third-order valence-electron chi connectivity index (χ3n) is 2.28. The zero-order valence-electron chi connectivity index (χ0n) is 8.05. The lowest BCUT2D eigenvalue weighted by molar-refractivity contribution is 0.236. The van der Waals surface area contributed by atoms with Gasteiger partial charge < -0.3 is 5.32 Å². The summed E-state index contributed by atoms with van der Waals surface area (Å²) >= 11 is 0. The second-order valence-corrected chi connectivity index (χ2v) is 3.71. The summed E-state index contributed by atoms with van der Waals surface area (Å²) in [5, 5.41) is 3.45. The Hall–Kier alpha value is -0.340. The molecule has 2 nitrogen and oxygen atoms in total. The molecular formula is C10H20N2. The van der Waals surface area contributed by atoms with Crippen molar-refractivity contribution in [2.75, 3.05) is 32.7 Å². The van der Waals surface area contributed by atoms with E-state index < -0.39 is 0 Å². The summed E-state index contributed by atoms with van der Waals surface area (Å²) in [5.74, 6) is 0.769. The highest BCUT2D eigenvalue weighted by molar-refractivity contribution is 4.76. The number of nitrogens with one attached hydrogen (secondary N) is 1. The summed E-state index contributed by atoms with van der Waals surface area (Å²) in [7, 11) is 0. The van der Waals surface area contributed by atoms with Crippen LogP contribution in [0, 0.1) is 5.92 Å². The lowest BCUT2D eigenvalue weighted by Crippen LogP contribution is -2.38. The molecule has 0 amide bonds. The van der Waals surface area contributed by atoms with Crippen LogP contribution < -0.4 is 5.32 Å². The van der Waals surface area contributed by atoms with Crippen LogP contribution in [-0.4, -0.2) is 37.6 Å². The van der Waals surface area contributed by atoms with Crippen molar-refractivity contribution in [2.45, 2.75) is 13.3 Å². The van der Waals surface area contributed by atoms with Gasteiger partial charge in [0.05, 0.1) is 0 Å². The van der Waals surface area contributed by atoms with Gasteiger partial charge in [-0.25, -0.2) is 0 Å². The van der Waals surface area contributed by atoms with Gasteiger partial charge in [0, 0.05) is 13.1 Å². The van der Waals surface area contributed by atoms with Crippen LogP contribution in [0.15, 0.2) is 12.7 Å². The Bertz CT molecular complexity index is 134. The van der Waals surface area contributed by atoms with Crippen LogP contribution in [0.5, 0.6) is 0 Å². The molecule has 0 bridgehead atoms. The van der Waals surface area contributed by atoms with Crippen LogP contribution in [0.4, 0.5) is 0 Å². The molecule has 70 valence electrons. The maximum Gasteiger partial charge on any atom is 0.0160 e. The van der Waals surface area contributed by atoms with Crippen LogP contribution in [0.2, 0.25) is 0 Å². The summed E-state index contributed by atoms with van der Waals surface area (Å²) in [6, 6.07) is 0. The fraction of sp³-hybridized carbons (Fsp3) is 0.800. The van der Waals surface area contributed by atoms with Crippen molar-refractivity contribution in [3.8, 4) is 0 Å². The van der Waals surface area contributed by atoms with Gasteiger partial charge in [-0.15, -0.1) is 6.58 Å². The molecule has 0 saturated carbocycles. The fourth-order valence-electron chi connectivity index (χ4n) is 1.72. The van der Waals surface area contributed by atoms with Crippen LogP contribution in [-0.2, 0) is 0 Å². The van der Waals surface area contributed by atoms with Crippen molar-refractivity contribution in [1.82, 2.24) is 10.2 Å². The summed E-state index contributed by atoms with van der Waals surface area (Å²) in [4.78, 5) is 2.48. The maximum absolute atomic E-state index is 3.78. The molecule has 1 atom stereocenters. The number of hydrogen-bond donors (Lipinski definition) is 1. The first-order valence-electron chi connectivity index (χ1n) is 4.87. The van der Waals surface area contributed by atoms with Crippen molar-refractivity contribution in [2.24, 2.45) is 5.92 Å². The van der Waals surface area contributed by atoms with E-state index in [9.17, 15) is 0 Å². The molecule has 0 aromatic rings. The standard InChI is InChI=1S/C10H20N2/c1-3-6-12-7-4-5-11-8-10(2)9-12/h3,10-11H,1,4-9H2,2H3. The van der Waals surface area contributed by atoms with Gasteiger partial charge in [-0.05, 0) is 32.0 Å². The first-order valence-corrected chi connectivity index (χ1v) is 4.87. The maximum atomic E-state index is 3.78. The van der Waals surface area contributed by atoms with Crippen LogP contribution >= 0.6 is 0 Å². The second-order valence-electron chi connectivity index (χ2n) is 3.71. The quantitative estimate of drug-likeness (QED) is 0.621. The zero-order valence-corrected chi connectivity index (χ0v) is 8.05. The first-order chi connectivity index (χ1) is 5.83. The highest BCUT2D eigenvalue weighted by atomic mass is 15.1. The smallest absolute Gasteiger partial charge is 0.0160 e. The average Bonchev–Trinajstić information content (AvgIpc) is 2.00. The van der Waals surface area contributed by atoms with E-state index in [0.29, 0.717) is 0 Å². The van der Waals surface area contributed by atoms with Gasteiger partial charge in [-0.2, -0.15) is 0 Å². The normalized spacial score (nSPS) is 27.6. The Balaban J connectivity index is 2.32. The SMILES string of the molecule is C=CCN1CCCNCC(C)C1. The summed E-state index contributed by atoms with van der Waals surface area (Å²) < 4.78 is 0. The molecule has 1 heterocycles. The summed E-state index contributed by atoms with van der Waals surface area (Å²) in [6.45, 7) is 11.9. The van der Waals surface area contributed by atoms with Gasteiger partial charge in [-0.3, -0.25) is 4.90 Å². The molecule has 0 aromatic carbocycles. The third-order valence-corrected chi connectivity index (χ3v) is 2.28. The van der Waals surface area contributed by atoms with E-state index in [4.69, 9.17) is 0 Å².